The maximum Gasteiger partial charge on any atom is 0.335 e. The smallest absolute Gasteiger partial charge is 0.335 e. The number of para-hydroxylation sites is 1. The first-order chi connectivity index (χ1) is 11.1. The average Bonchev–Trinajstić information content (AvgIpc) is 2.91. The number of phenols is 1. The molecule has 0 aromatic heterocycles. The lowest BCUT2D eigenvalue weighted by Crippen LogP contribution is -2.27. The fraction of sp³-hybridized carbons (Fsp3) is 0.167. The number of fused-ring (bicyclic) bond motifs is 1. The van der Waals surface area contributed by atoms with Gasteiger partial charge in [0.05, 0.1) is 16.6 Å². The van der Waals surface area contributed by atoms with Crippen LogP contribution in [-0.2, 0) is 0 Å². The molecule has 1 unspecified atom stereocenters. The summed E-state index contributed by atoms with van der Waals surface area (Å²) in [6.07, 6.45) is 3.78. The molecule has 23 heavy (non-hydrogen) atoms. The predicted octanol–water partition coefficient (Wildman–Crippen LogP) is 4.06. The van der Waals surface area contributed by atoms with Crippen LogP contribution < -0.4 is 4.90 Å². The molecular weight excluding hydrogens is 310 g/mol. The number of carbonyl (C=O) groups is 1. The van der Waals surface area contributed by atoms with Crippen LogP contribution in [0.25, 0.3) is 6.08 Å². The average molecular weight is 327 g/mol. The van der Waals surface area contributed by atoms with Crippen molar-refractivity contribution < 1.29 is 15.0 Å². The number of phenolic OH excluding ortho intramolecular Hbond substituents is 1. The Morgan fingerprint density at radius 3 is 2.83 bits per heavy atom. The predicted molar refractivity (Wildman–Crippen MR) is 93.2 cm³/mol. The van der Waals surface area contributed by atoms with Crippen LogP contribution in [0.4, 0.5) is 5.69 Å². The Kier molecular flexibility index (Phi) is 4.30. The number of likely N-dealkylation sites (N-methyl/N-ethyl adjacent to an activating group) is 1. The second-order valence-corrected chi connectivity index (χ2v) is 6.36. The molecule has 118 valence electrons. The molecule has 0 radical (unpaired) electrons. The summed E-state index contributed by atoms with van der Waals surface area (Å²) >= 11 is 1.75. The van der Waals surface area contributed by atoms with E-state index < -0.39 is 5.97 Å². The molecule has 0 bridgehead atoms. The van der Waals surface area contributed by atoms with Gasteiger partial charge < -0.3 is 15.1 Å². The Labute approximate surface area is 139 Å². The van der Waals surface area contributed by atoms with E-state index in [2.05, 4.69) is 24.0 Å². The number of thioether (sulfide) groups is 1. The molecule has 0 fully saturated rings. The van der Waals surface area contributed by atoms with Crippen LogP contribution in [0.3, 0.4) is 0 Å². The van der Waals surface area contributed by atoms with Crippen molar-refractivity contribution in [2.75, 3.05) is 11.4 Å². The van der Waals surface area contributed by atoms with Gasteiger partial charge in [0, 0.05) is 17.0 Å². The topological polar surface area (TPSA) is 60.8 Å². The van der Waals surface area contributed by atoms with Gasteiger partial charge in [-0.05, 0) is 37.3 Å². The third-order valence-corrected chi connectivity index (χ3v) is 5.04. The van der Waals surface area contributed by atoms with Crippen LogP contribution in [0.5, 0.6) is 5.75 Å². The van der Waals surface area contributed by atoms with Gasteiger partial charge in [-0.2, -0.15) is 0 Å². The summed E-state index contributed by atoms with van der Waals surface area (Å²) in [7, 11) is 0. The van der Waals surface area contributed by atoms with Crippen molar-refractivity contribution in [3.63, 3.8) is 0 Å². The van der Waals surface area contributed by atoms with Crippen molar-refractivity contribution in [1.29, 1.82) is 0 Å². The van der Waals surface area contributed by atoms with E-state index in [0.717, 1.165) is 6.54 Å². The van der Waals surface area contributed by atoms with Crippen molar-refractivity contribution in [3.05, 3.63) is 59.7 Å². The van der Waals surface area contributed by atoms with Gasteiger partial charge in [-0.1, -0.05) is 36.0 Å². The van der Waals surface area contributed by atoms with E-state index in [1.807, 2.05) is 18.2 Å². The molecule has 0 spiro atoms. The fourth-order valence-corrected chi connectivity index (χ4v) is 3.90. The third kappa shape index (κ3) is 3.05. The first-order valence-corrected chi connectivity index (χ1v) is 8.25. The molecule has 0 aliphatic carbocycles. The SMILES string of the molecule is CCN1c2ccccc2SC1C=Cc1cc(C(=O)O)ccc1O. The number of aromatic carboxylic acids is 1. The van der Waals surface area contributed by atoms with Crippen LogP contribution in [0.2, 0.25) is 0 Å². The van der Waals surface area contributed by atoms with E-state index in [1.165, 1.54) is 28.8 Å². The lowest BCUT2D eigenvalue weighted by molar-refractivity contribution is 0.0697. The van der Waals surface area contributed by atoms with Crippen molar-refractivity contribution in [2.24, 2.45) is 0 Å². The zero-order chi connectivity index (χ0) is 16.4. The highest BCUT2D eigenvalue weighted by Gasteiger charge is 2.26. The third-order valence-electron chi connectivity index (χ3n) is 3.79. The van der Waals surface area contributed by atoms with Gasteiger partial charge >= 0.3 is 5.97 Å². The highest BCUT2D eigenvalue weighted by atomic mass is 32.2. The van der Waals surface area contributed by atoms with E-state index >= 15 is 0 Å². The quantitative estimate of drug-likeness (QED) is 0.887. The maximum atomic E-state index is 11.1. The van der Waals surface area contributed by atoms with Gasteiger partial charge in [0.2, 0.25) is 0 Å². The molecule has 1 atom stereocenters. The van der Waals surface area contributed by atoms with Crippen LogP contribution in [-0.4, -0.2) is 28.1 Å². The standard InChI is InChI=1S/C18H17NO3S/c1-2-19-14-5-3-4-6-16(14)23-17(19)10-8-12-11-13(18(21)22)7-9-15(12)20/h3-11,17,20H,2H2,1H3,(H,21,22). The van der Waals surface area contributed by atoms with Gasteiger partial charge in [0.1, 0.15) is 5.75 Å². The zero-order valence-electron chi connectivity index (χ0n) is 12.6. The summed E-state index contributed by atoms with van der Waals surface area (Å²) in [6, 6.07) is 12.5. The van der Waals surface area contributed by atoms with Crippen molar-refractivity contribution in [2.45, 2.75) is 17.2 Å². The summed E-state index contributed by atoms with van der Waals surface area (Å²) in [6.45, 7) is 2.98. The highest BCUT2D eigenvalue weighted by molar-refractivity contribution is 8.00. The number of aromatic hydroxyl groups is 1. The number of carboxylic acid groups (broad SMARTS) is 1. The minimum absolute atomic E-state index is 0.0785. The molecule has 5 heteroatoms. The van der Waals surface area contributed by atoms with Crippen LogP contribution in [0.1, 0.15) is 22.8 Å². The van der Waals surface area contributed by atoms with Crippen LogP contribution in [0, 0.1) is 0 Å². The molecule has 2 aromatic rings. The van der Waals surface area contributed by atoms with Gasteiger partial charge in [-0.15, -0.1) is 0 Å². The molecule has 1 heterocycles. The summed E-state index contributed by atoms with van der Waals surface area (Å²) in [5.74, 6) is -0.924. The lowest BCUT2D eigenvalue weighted by Gasteiger charge is -2.22. The van der Waals surface area contributed by atoms with Gasteiger partial charge in [-0.25, -0.2) is 4.79 Å². The van der Waals surface area contributed by atoms with E-state index in [-0.39, 0.29) is 16.7 Å². The minimum Gasteiger partial charge on any atom is -0.507 e. The molecule has 4 nitrogen and oxygen atoms in total. The van der Waals surface area contributed by atoms with Crippen molar-refractivity contribution in [1.82, 2.24) is 0 Å². The van der Waals surface area contributed by atoms with Crippen molar-refractivity contribution in [3.8, 4) is 5.75 Å². The number of benzene rings is 2. The Morgan fingerprint density at radius 2 is 2.09 bits per heavy atom. The molecule has 2 N–H and O–H groups in total. The number of anilines is 1. The molecule has 2 aromatic carbocycles. The second-order valence-electron chi connectivity index (χ2n) is 5.20. The first-order valence-electron chi connectivity index (χ1n) is 7.37. The van der Waals surface area contributed by atoms with Crippen LogP contribution in [0.15, 0.2) is 53.4 Å². The summed E-state index contributed by atoms with van der Waals surface area (Å²) in [5, 5.41) is 19.1. The molecular formula is C18H17NO3S. The summed E-state index contributed by atoms with van der Waals surface area (Å²) < 4.78 is 0. The first kappa shape index (κ1) is 15.5. The van der Waals surface area contributed by atoms with Gasteiger partial charge in [-0.3, -0.25) is 0 Å². The maximum absolute atomic E-state index is 11.1. The molecule has 3 rings (SSSR count). The Morgan fingerprint density at radius 1 is 1.30 bits per heavy atom. The Bertz CT molecular complexity index is 773. The Balaban J connectivity index is 1.87. The van der Waals surface area contributed by atoms with Gasteiger partial charge in [0.15, 0.2) is 0 Å². The minimum atomic E-state index is -1.00. The normalized spacial score (nSPS) is 16.7. The largest absolute Gasteiger partial charge is 0.507 e. The highest BCUT2D eigenvalue weighted by Crippen LogP contribution is 2.43. The van der Waals surface area contributed by atoms with E-state index in [0.29, 0.717) is 5.56 Å². The number of carboxylic acids is 1. The van der Waals surface area contributed by atoms with Gasteiger partial charge in [0.25, 0.3) is 0 Å². The number of hydrogen-bond acceptors (Lipinski definition) is 4. The number of hydrogen-bond donors (Lipinski definition) is 2. The summed E-state index contributed by atoms with van der Waals surface area (Å²) in [5.41, 5.74) is 1.88. The van der Waals surface area contributed by atoms with E-state index in [4.69, 9.17) is 5.11 Å². The van der Waals surface area contributed by atoms with Crippen molar-refractivity contribution >= 4 is 29.5 Å². The molecule has 0 amide bonds. The monoisotopic (exact) mass is 327 g/mol. The van der Waals surface area contributed by atoms with Crippen LogP contribution >= 0.6 is 11.8 Å². The van der Waals surface area contributed by atoms with E-state index in [9.17, 15) is 9.90 Å². The lowest BCUT2D eigenvalue weighted by atomic mass is 10.1. The number of nitrogens with zero attached hydrogens (tertiary/aromatic N) is 1. The fourth-order valence-electron chi connectivity index (χ4n) is 2.63. The second kappa shape index (κ2) is 6.38. The van der Waals surface area contributed by atoms with E-state index in [1.54, 1.807) is 17.8 Å². The molecule has 1 aliphatic rings. The Hall–Kier alpha value is -2.40. The summed E-state index contributed by atoms with van der Waals surface area (Å²) in [4.78, 5) is 14.6. The zero-order valence-corrected chi connectivity index (χ0v) is 13.5. The number of rotatable bonds is 4. The molecule has 0 saturated heterocycles. The molecule has 0 saturated carbocycles. The molecule has 1 aliphatic heterocycles.